The van der Waals surface area contributed by atoms with Crippen molar-refractivity contribution >= 4 is 60.9 Å². The average molecular weight is 1020 g/mol. The van der Waals surface area contributed by atoms with Crippen molar-refractivity contribution in [3.05, 3.63) is 128 Å². The van der Waals surface area contributed by atoms with Crippen LogP contribution in [0, 0.1) is 33.1 Å². The number of ether oxygens (including phenoxy) is 1. The third-order valence-electron chi connectivity index (χ3n) is 14.3. The van der Waals surface area contributed by atoms with Crippen LogP contribution in [0.25, 0.3) is 27.7 Å². The van der Waals surface area contributed by atoms with Gasteiger partial charge >= 0.3 is 0 Å². The number of benzene rings is 3. The Morgan fingerprint density at radius 1 is 1.01 bits per heavy atom. The van der Waals surface area contributed by atoms with Gasteiger partial charge in [0.25, 0.3) is 21.6 Å². The molecular formula is C53H59F2N7O8S2. The molecule has 6 aromatic rings. The van der Waals surface area contributed by atoms with Gasteiger partial charge in [-0.05, 0) is 147 Å². The first kappa shape index (κ1) is 50.7. The monoisotopic (exact) mass is 1020 g/mol. The lowest BCUT2D eigenvalue weighted by Crippen LogP contribution is -2.47. The van der Waals surface area contributed by atoms with Crippen LogP contribution >= 0.6 is 11.3 Å². The van der Waals surface area contributed by atoms with Gasteiger partial charge in [-0.25, -0.2) is 26.9 Å². The second-order valence-electron chi connectivity index (χ2n) is 20.5. The van der Waals surface area contributed by atoms with Gasteiger partial charge in [-0.1, -0.05) is 19.4 Å². The molecule has 0 spiro atoms. The van der Waals surface area contributed by atoms with Crippen molar-refractivity contribution in [2.75, 3.05) is 49.5 Å². The molecule has 2 fully saturated rings. The number of nitro groups is 1. The van der Waals surface area contributed by atoms with E-state index >= 15 is 8.78 Å². The number of halogens is 2. The Hall–Kier alpha value is -6.25. The second-order valence-corrected chi connectivity index (χ2v) is 23.1. The van der Waals surface area contributed by atoms with Crippen molar-refractivity contribution in [2.45, 2.75) is 89.2 Å². The summed E-state index contributed by atoms with van der Waals surface area (Å²) in [4.78, 5) is 38.1. The number of anilines is 2. The van der Waals surface area contributed by atoms with Crippen LogP contribution in [0.15, 0.2) is 95.0 Å². The van der Waals surface area contributed by atoms with Gasteiger partial charge in [-0.3, -0.25) is 19.8 Å². The topological polar surface area (TPSA) is 203 Å². The van der Waals surface area contributed by atoms with Crippen LogP contribution in [-0.2, 0) is 10.0 Å². The van der Waals surface area contributed by atoms with E-state index in [1.54, 1.807) is 36.7 Å². The highest BCUT2D eigenvalue weighted by molar-refractivity contribution is 7.90. The van der Waals surface area contributed by atoms with Crippen molar-refractivity contribution in [3.8, 4) is 22.6 Å². The molecule has 2 aliphatic carbocycles. The number of H-pyrrole nitrogens is 1. The summed E-state index contributed by atoms with van der Waals surface area (Å²) in [6.45, 7) is 11.5. The maximum atomic E-state index is 15.3. The Labute approximate surface area is 421 Å². The number of carbonyl (C=O) groups is 1. The molecule has 1 aliphatic heterocycles. The number of rotatable bonds is 15. The van der Waals surface area contributed by atoms with Crippen molar-refractivity contribution in [1.29, 1.82) is 0 Å². The van der Waals surface area contributed by atoms with Gasteiger partial charge < -0.3 is 30.2 Å². The summed E-state index contributed by atoms with van der Waals surface area (Å²) in [5, 5.41) is 38.1. The van der Waals surface area contributed by atoms with E-state index < -0.39 is 54.8 Å². The van der Waals surface area contributed by atoms with E-state index in [2.05, 4.69) is 43.7 Å². The van der Waals surface area contributed by atoms with Crippen LogP contribution in [0.5, 0.6) is 11.5 Å². The molecule has 4 heterocycles. The molecule has 1 saturated carbocycles. The number of aromatic amines is 1. The molecule has 0 bridgehead atoms. The number of allylic oxidation sites excluding steroid dienone is 1. The van der Waals surface area contributed by atoms with E-state index in [4.69, 9.17) is 4.74 Å². The first-order chi connectivity index (χ1) is 34.2. The van der Waals surface area contributed by atoms with E-state index in [9.17, 15) is 33.5 Å². The molecule has 19 heteroatoms. The Morgan fingerprint density at radius 2 is 1.75 bits per heavy atom. The molecule has 1 amide bonds. The van der Waals surface area contributed by atoms with Gasteiger partial charge in [-0.15, -0.1) is 11.3 Å². The molecule has 3 aromatic carbocycles. The minimum absolute atomic E-state index is 0.0396. The number of piperazine rings is 1. The number of amides is 1. The highest BCUT2D eigenvalue weighted by Gasteiger charge is 2.33. The van der Waals surface area contributed by atoms with E-state index in [1.165, 1.54) is 65.9 Å². The molecule has 380 valence electrons. The highest BCUT2D eigenvalue weighted by Crippen LogP contribution is 2.46. The van der Waals surface area contributed by atoms with Crippen LogP contribution in [0.4, 0.5) is 25.8 Å². The number of aliphatic hydroxyl groups is 2. The van der Waals surface area contributed by atoms with E-state index in [0.717, 1.165) is 60.7 Å². The third kappa shape index (κ3) is 11.3. The summed E-state index contributed by atoms with van der Waals surface area (Å²) in [7, 11) is -4.62. The Kier molecular flexibility index (Phi) is 14.3. The van der Waals surface area contributed by atoms with Crippen molar-refractivity contribution in [3.63, 3.8) is 0 Å². The number of nitrogens with zero attached hydrogens (tertiary/aromatic N) is 4. The van der Waals surface area contributed by atoms with Gasteiger partial charge in [0.15, 0.2) is 0 Å². The molecule has 0 radical (unpaired) electrons. The number of thiophene rings is 1. The zero-order valence-corrected chi connectivity index (χ0v) is 42.3. The summed E-state index contributed by atoms with van der Waals surface area (Å²) < 4.78 is 66.6. The van der Waals surface area contributed by atoms with Crippen LogP contribution in [0.3, 0.4) is 0 Å². The summed E-state index contributed by atoms with van der Waals surface area (Å²) in [6, 6.07) is 16.2. The molecule has 72 heavy (non-hydrogen) atoms. The summed E-state index contributed by atoms with van der Waals surface area (Å²) in [5.74, 6) is -1.87. The number of carbonyl (C=O) groups excluding carboxylic acids is 1. The lowest BCUT2D eigenvalue weighted by atomic mass is 9.73. The summed E-state index contributed by atoms with van der Waals surface area (Å²) in [5.41, 5.74) is 3.31. The van der Waals surface area contributed by atoms with Gasteiger partial charge in [0.05, 0.1) is 38.8 Å². The van der Waals surface area contributed by atoms with Crippen molar-refractivity contribution in [1.82, 2.24) is 19.6 Å². The zero-order valence-electron chi connectivity index (χ0n) is 40.6. The Bertz CT molecular complexity index is 3150. The molecule has 1 atom stereocenters. The Morgan fingerprint density at radius 3 is 2.46 bits per heavy atom. The average Bonchev–Trinajstić information content (AvgIpc) is 4.02. The number of aromatic nitrogens is 2. The maximum Gasteiger partial charge on any atom is 0.293 e. The van der Waals surface area contributed by atoms with Crippen molar-refractivity contribution in [2.24, 2.45) is 11.3 Å². The smallest absolute Gasteiger partial charge is 0.293 e. The Balaban J connectivity index is 0.917. The van der Waals surface area contributed by atoms with Crippen LogP contribution in [0.2, 0.25) is 0 Å². The minimum Gasteiger partial charge on any atom is -0.455 e. The van der Waals surface area contributed by atoms with E-state index in [0.29, 0.717) is 62.5 Å². The lowest BCUT2D eigenvalue weighted by molar-refractivity contribution is -0.384. The van der Waals surface area contributed by atoms with E-state index in [1.807, 2.05) is 12.1 Å². The van der Waals surface area contributed by atoms with Crippen LogP contribution in [-0.4, -0.2) is 89.2 Å². The highest BCUT2D eigenvalue weighted by atomic mass is 32.2. The third-order valence-corrected chi connectivity index (χ3v) is 16.7. The summed E-state index contributed by atoms with van der Waals surface area (Å²) in [6.07, 6.45) is 7.66. The van der Waals surface area contributed by atoms with Gasteiger partial charge in [-0.2, -0.15) is 0 Å². The molecule has 1 saturated heterocycles. The van der Waals surface area contributed by atoms with E-state index in [-0.39, 0.29) is 39.5 Å². The number of fused-ring (bicyclic) bond motifs is 1. The number of hydrogen-bond acceptors (Lipinski definition) is 13. The molecule has 15 nitrogen and oxygen atoms in total. The van der Waals surface area contributed by atoms with Gasteiger partial charge in [0.2, 0.25) is 0 Å². The normalized spacial score (nSPS) is 20.1. The van der Waals surface area contributed by atoms with Crippen LogP contribution < -0.4 is 19.7 Å². The first-order valence-electron chi connectivity index (χ1n) is 24.2. The fourth-order valence-electron chi connectivity index (χ4n) is 9.99. The van der Waals surface area contributed by atoms with Crippen LogP contribution in [0.1, 0.15) is 99.5 Å². The number of aliphatic hydroxyl groups excluding tert-OH is 1. The molecule has 9 rings (SSSR count). The molecule has 0 unspecified atom stereocenters. The predicted octanol–water partition coefficient (Wildman–Crippen LogP) is 10.6. The molecule has 3 aliphatic rings. The van der Waals surface area contributed by atoms with Gasteiger partial charge in [0.1, 0.15) is 34.5 Å². The number of hydrogen-bond donors (Lipinski definition) is 5. The van der Waals surface area contributed by atoms with Crippen molar-refractivity contribution < 1.29 is 41.9 Å². The number of pyridine rings is 1. The zero-order chi connectivity index (χ0) is 51.1. The molecule has 3 aromatic heterocycles. The summed E-state index contributed by atoms with van der Waals surface area (Å²) >= 11 is 1.48. The minimum atomic E-state index is -4.62. The van der Waals surface area contributed by atoms with Gasteiger partial charge in [0, 0.05) is 73.5 Å². The lowest BCUT2D eigenvalue weighted by Gasteiger charge is -2.39. The fourth-order valence-corrected chi connectivity index (χ4v) is 12.0. The number of nitro benzene ring substituents is 1. The molecule has 5 N–H and O–H groups in total. The largest absolute Gasteiger partial charge is 0.455 e. The maximum absolute atomic E-state index is 15.3. The number of nitrogens with one attached hydrogen (secondary N) is 3. The molecular weight excluding hydrogens is 965 g/mol. The quantitative estimate of drug-likeness (QED) is 0.0482. The number of sulfonamides is 1. The first-order valence-corrected chi connectivity index (χ1v) is 26.6. The second kappa shape index (κ2) is 20.3. The SMILES string of the molecule is C[C@@H](O)c1cc(F)c(-c2csc(C3=C(CN4CCN(c5ccc(C(=O)NS(=O)(=O)c6ccc(NC[C@H]7CC[C@](C)(O)CC7)c([N+](=O)[O-])c6)c(Oc6cnc7[nH]ccc7c6)c5)CC4)CCC(C)(C)C3)c2)c(F)c1. The predicted molar refractivity (Wildman–Crippen MR) is 275 cm³/mol. The fraction of sp³-hybridized carbons (Fsp3) is 0.396. The standard InChI is InChI=1S/C53H59F2N7O8S2/c1-32(63)36-22-43(54)49(44(55)23-36)37-24-48(71-31-37)42-27-52(2,3)13-11-35(42)30-60-17-19-61(20-18-60)38-5-7-41(47(25-38)70-39-21-34-12-16-56-50(34)58-29-39)51(64)59-72(68,69)40-6-8-45(46(26-40)62(66)67)57-28-33-9-14-53(4,65)15-10-33/h5-8,12,16,21-26,29,31-33,57,63,65H,9-11,13-15,17-20,27-28,30H2,1-4H3,(H,56,58)(H,59,64)/t32-,33-,53-/m1/s1.